The standard InChI is InChI=1S/C17H25NO3/c1-14(21-11-15-7-3-2-4-8-15)16(20)18-12-17(13-19)9-5-6-10-17/h2-4,7-8,14,19H,5-6,9-13H2,1H3,(H,18,20). The highest BCUT2D eigenvalue weighted by Gasteiger charge is 2.33. The van der Waals surface area contributed by atoms with Gasteiger partial charge in [0.25, 0.3) is 0 Å². The van der Waals surface area contributed by atoms with Crippen LogP contribution in [0.1, 0.15) is 38.2 Å². The van der Waals surface area contributed by atoms with Crippen LogP contribution >= 0.6 is 0 Å². The molecule has 21 heavy (non-hydrogen) atoms. The summed E-state index contributed by atoms with van der Waals surface area (Å²) in [5.41, 5.74) is 0.939. The molecule has 1 aliphatic carbocycles. The fraction of sp³-hybridized carbons (Fsp3) is 0.588. The lowest BCUT2D eigenvalue weighted by Crippen LogP contribution is -2.42. The molecule has 0 aliphatic heterocycles. The van der Waals surface area contributed by atoms with Gasteiger partial charge in [0.2, 0.25) is 5.91 Å². The van der Waals surface area contributed by atoms with Gasteiger partial charge in [-0.15, -0.1) is 0 Å². The Bertz CT molecular complexity index is 441. The molecule has 0 spiro atoms. The van der Waals surface area contributed by atoms with Crippen LogP contribution in [0.3, 0.4) is 0 Å². The third-order valence-electron chi connectivity index (χ3n) is 4.35. The first-order chi connectivity index (χ1) is 10.2. The molecule has 4 nitrogen and oxygen atoms in total. The van der Waals surface area contributed by atoms with Crippen molar-refractivity contribution in [3.63, 3.8) is 0 Å². The molecule has 116 valence electrons. The van der Waals surface area contributed by atoms with Gasteiger partial charge in [-0.05, 0) is 25.3 Å². The molecular formula is C17H25NO3. The van der Waals surface area contributed by atoms with Crippen LogP contribution in [0.25, 0.3) is 0 Å². The Morgan fingerprint density at radius 2 is 2.00 bits per heavy atom. The van der Waals surface area contributed by atoms with E-state index in [-0.39, 0.29) is 17.9 Å². The van der Waals surface area contributed by atoms with Gasteiger partial charge in [-0.2, -0.15) is 0 Å². The number of carbonyl (C=O) groups is 1. The number of ether oxygens (including phenoxy) is 1. The Morgan fingerprint density at radius 3 is 2.62 bits per heavy atom. The van der Waals surface area contributed by atoms with Crippen LogP contribution in [-0.4, -0.2) is 30.3 Å². The van der Waals surface area contributed by atoms with Gasteiger partial charge >= 0.3 is 0 Å². The lowest BCUT2D eigenvalue weighted by atomic mass is 9.87. The van der Waals surface area contributed by atoms with Crippen LogP contribution in [-0.2, 0) is 16.1 Å². The number of nitrogens with one attached hydrogen (secondary N) is 1. The van der Waals surface area contributed by atoms with Gasteiger partial charge in [-0.1, -0.05) is 43.2 Å². The van der Waals surface area contributed by atoms with E-state index >= 15 is 0 Å². The van der Waals surface area contributed by atoms with Gasteiger partial charge in [-0.25, -0.2) is 0 Å². The molecule has 0 bridgehead atoms. The maximum Gasteiger partial charge on any atom is 0.248 e. The minimum absolute atomic E-state index is 0.106. The molecule has 1 aromatic rings. The van der Waals surface area contributed by atoms with Gasteiger partial charge in [0.15, 0.2) is 0 Å². The van der Waals surface area contributed by atoms with Crippen molar-refractivity contribution in [3.8, 4) is 0 Å². The summed E-state index contributed by atoms with van der Waals surface area (Å²) in [5.74, 6) is -0.106. The molecular weight excluding hydrogens is 266 g/mol. The molecule has 2 N–H and O–H groups in total. The van der Waals surface area contributed by atoms with Crippen molar-refractivity contribution in [2.75, 3.05) is 13.2 Å². The van der Waals surface area contributed by atoms with E-state index in [1.54, 1.807) is 6.92 Å². The summed E-state index contributed by atoms with van der Waals surface area (Å²) < 4.78 is 5.60. The van der Waals surface area contributed by atoms with E-state index in [0.717, 1.165) is 31.2 Å². The monoisotopic (exact) mass is 291 g/mol. The molecule has 0 heterocycles. The number of aliphatic hydroxyl groups excluding tert-OH is 1. The van der Waals surface area contributed by atoms with Crippen LogP contribution in [0.2, 0.25) is 0 Å². The molecule has 0 radical (unpaired) electrons. The molecule has 1 saturated carbocycles. The van der Waals surface area contributed by atoms with E-state index in [4.69, 9.17) is 4.74 Å². The zero-order valence-electron chi connectivity index (χ0n) is 12.7. The highest BCUT2D eigenvalue weighted by molar-refractivity contribution is 5.80. The second kappa shape index (κ2) is 7.57. The van der Waals surface area contributed by atoms with Gasteiger partial charge in [0.05, 0.1) is 13.2 Å². The highest BCUT2D eigenvalue weighted by Crippen LogP contribution is 2.36. The minimum Gasteiger partial charge on any atom is -0.396 e. The summed E-state index contributed by atoms with van der Waals surface area (Å²) in [6.45, 7) is 2.88. The van der Waals surface area contributed by atoms with E-state index in [0.29, 0.717) is 13.2 Å². The molecule has 1 aromatic carbocycles. The van der Waals surface area contributed by atoms with Crippen molar-refractivity contribution in [2.45, 2.75) is 45.3 Å². The number of amides is 1. The largest absolute Gasteiger partial charge is 0.396 e. The maximum absolute atomic E-state index is 12.1. The quantitative estimate of drug-likeness (QED) is 0.810. The van der Waals surface area contributed by atoms with Crippen molar-refractivity contribution in [3.05, 3.63) is 35.9 Å². The maximum atomic E-state index is 12.1. The van der Waals surface area contributed by atoms with Gasteiger partial charge < -0.3 is 15.2 Å². The summed E-state index contributed by atoms with van der Waals surface area (Å²) in [4.78, 5) is 12.1. The van der Waals surface area contributed by atoms with Crippen LogP contribution in [0.15, 0.2) is 30.3 Å². The van der Waals surface area contributed by atoms with Crippen LogP contribution in [0.5, 0.6) is 0 Å². The first-order valence-electron chi connectivity index (χ1n) is 7.69. The Morgan fingerprint density at radius 1 is 1.33 bits per heavy atom. The zero-order valence-corrected chi connectivity index (χ0v) is 12.7. The molecule has 1 aliphatic rings. The third kappa shape index (κ3) is 4.55. The normalized spacial score (nSPS) is 18.4. The highest BCUT2D eigenvalue weighted by atomic mass is 16.5. The number of aliphatic hydroxyl groups is 1. The van der Waals surface area contributed by atoms with Crippen LogP contribution < -0.4 is 5.32 Å². The van der Waals surface area contributed by atoms with Crippen LogP contribution in [0, 0.1) is 5.41 Å². The summed E-state index contributed by atoms with van der Waals surface area (Å²) in [5, 5.41) is 12.5. The molecule has 0 saturated heterocycles. The summed E-state index contributed by atoms with van der Waals surface area (Å²) in [7, 11) is 0. The summed E-state index contributed by atoms with van der Waals surface area (Å²) in [6.07, 6.45) is 3.77. The predicted molar refractivity (Wildman–Crippen MR) is 81.7 cm³/mol. The lowest BCUT2D eigenvalue weighted by molar-refractivity contribution is -0.133. The molecule has 4 heteroatoms. The second-order valence-electron chi connectivity index (χ2n) is 6.02. The zero-order chi connectivity index (χ0) is 15.1. The predicted octanol–water partition coefficient (Wildman–Crippen LogP) is 2.26. The molecule has 0 aromatic heterocycles. The minimum atomic E-state index is -0.484. The number of hydrogen-bond acceptors (Lipinski definition) is 3. The summed E-state index contributed by atoms with van der Waals surface area (Å²) >= 11 is 0. The molecule has 1 unspecified atom stereocenters. The fourth-order valence-corrected chi connectivity index (χ4v) is 2.81. The number of benzene rings is 1. The average molecular weight is 291 g/mol. The van der Waals surface area contributed by atoms with Gasteiger partial charge in [0, 0.05) is 12.0 Å². The average Bonchev–Trinajstić information content (AvgIpc) is 3.01. The lowest BCUT2D eigenvalue weighted by Gasteiger charge is -2.27. The molecule has 1 fully saturated rings. The molecule has 1 amide bonds. The number of rotatable bonds is 7. The van der Waals surface area contributed by atoms with Gasteiger partial charge in [0.1, 0.15) is 6.10 Å². The Balaban J connectivity index is 1.75. The second-order valence-corrected chi connectivity index (χ2v) is 6.02. The first-order valence-corrected chi connectivity index (χ1v) is 7.69. The van der Waals surface area contributed by atoms with Crippen LogP contribution in [0.4, 0.5) is 0 Å². The van der Waals surface area contributed by atoms with E-state index in [1.807, 2.05) is 30.3 Å². The van der Waals surface area contributed by atoms with Crippen molar-refractivity contribution in [1.29, 1.82) is 0 Å². The van der Waals surface area contributed by atoms with E-state index < -0.39 is 6.10 Å². The molecule has 1 atom stereocenters. The topological polar surface area (TPSA) is 58.6 Å². The van der Waals surface area contributed by atoms with Crippen molar-refractivity contribution < 1.29 is 14.6 Å². The van der Waals surface area contributed by atoms with Crippen molar-refractivity contribution in [2.24, 2.45) is 5.41 Å². The Kier molecular flexibility index (Phi) is 5.76. The Hall–Kier alpha value is -1.39. The fourth-order valence-electron chi connectivity index (χ4n) is 2.81. The number of hydrogen-bond donors (Lipinski definition) is 2. The SMILES string of the molecule is CC(OCc1ccccc1)C(=O)NCC1(CO)CCCC1. The first kappa shape index (κ1) is 16.0. The number of carbonyl (C=O) groups excluding carboxylic acids is 1. The van der Waals surface area contributed by atoms with E-state index in [2.05, 4.69) is 5.32 Å². The van der Waals surface area contributed by atoms with E-state index in [1.165, 1.54) is 0 Å². The Labute approximate surface area is 126 Å². The molecule has 2 rings (SSSR count). The van der Waals surface area contributed by atoms with Crippen molar-refractivity contribution >= 4 is 5.91 Å². The van der Waals surface area contributed by atoms with Crippen molar-refractivity contribution in [1.82, 2.24) is 5.32 Å². The third-order valence-corrected chi connectivity index (χ3v) is 4.35. The summed E-state index contributed by atoms with van der Waals surface area (Å²) in [6, 6.07) is 9.81. The smallest absolute Gasteiger partial charge is 0.248 e. The van der Waals surface area contributed by atoms with E-state index in [9.17, 15) is 9.90 Å². The van der Waals surface area contributed by atoms with Gasteiger partial charge in [-0.3, -0.25) is 4.79 Å².